The van der Waals surface area contributed by atoms with Gasteiger partial charge in [-0.1, -0.05) is 54.6 Å². The lowest BCUT2D eigenvalue weighted by molar-refractivity contribution is -0.121. The van der Waals surface area contributed by atoms with Crippen LogP contribution in [0, 0.1) is 0 Å². The first kappa shape index (κ1) is 26.1. The van der Waals surface area contributed by atoms with Crippen molar-refractivity contribution in [1.82, 2.24) is 0 Å². The van der Waals surface area contributed by atoms with Crippen LogP contribution in [-0.4, -0.2) is 34.4 Å². The van der Waals surface area contributed by atoms with E-state index in [0.29, 0.717) is 22.5 Å². The van der Waals surface area contributed by atoms with Gasteiger partial charge in [-0.25, -0.2) is 4.57 Å². The fourth-order valence-corrected chi connectivity index (χ4v) is 3.96. The Kier molecular flexibility index (Phi) is 8.65. The minimum absolute atomic E-state index is 0.439. The molecule has 0 aliphatic heterocycles. The summed E-state index contributed by atoms with van der Waals surface area (Å²) in [4.78, 5) is 30.0. The van der Waals surface area contributed by atoms with Gasteiger partial charge in [-0.3, -0.25) is 9.32 Å². The van der Waals surface area contributed by atoms with Gasteiger partial charge in [0.05, 0.1) is 17.7 Å². The normalized spacial score (nSPS) is 13.2. The molecule has 34 heavy (non-hydrogen) atoms. The van der Waals surface area contributed by atoms with Crippen LogP contribution in [0.15, 0.2) is 77.3 Å². The Morgan fingerprint density at radius 1 is 1.06 bits per heavy atom. The number of nitrogens with one attached hydrogen (secondary N) is 1. The van der Waals surface area contributed by atoms with Gasteiger partial charge in [0.2, 0.25) is 5.91 Å². The van der Waals surface area contributed by atoms with Crippen LogP contribution in [0.25, 0.3) is 11.1 Å². The van der Waals surface area contributed by atoms with Crippen molar-refractivity contribution in [3.63, 3.8) is 0 Å². The first-order valence-electron chi connectivity index (χ1n) is 10.4. The van der Waals surface area contributed by atoms with E-state index < -0.39 is 25.9 Å². The summed E-state index contributed by atoms with van der Waals surface area (Å²) in [7, 11) is -4.73. The highest BCUT2D eigenvalue weighted by molar-refractivity contribution is 9.10. The van der Waals surface area contributed by atoms with Crippen molar-refractivity contribution in [2.45, 2.75) is 18.9 Å². The standard InChI is InChI=1S/C24H26BrN2O6P/c1-24(26,16-33-34(29,30)31)23(28)27-20-11-12-22(21(25)15-20)32-14-13-17-7-9-19(10-8-17)18-5-3-2-4-6-18/h2-12,15H,13-14,16,26H2,1H3,(H,27,28)(H2,29,30,31)/t24-/m0/s1. The van der Waals surface area contributed by atoms with Crippen molar-refractivity contribution in [3.05, 3.63) is 82.8 Å². The third kappa shape index (κ3) is 7.77. The molecule has 0 aromatic heterocycles. The zero-order valence-corrected chi connectivity index (χ0v) is 21.0. The number of hydrogen-bond donors (Lipinski definition) is 4. The molecular formula is C24H26BrN2O6P. The Labute approximate surface area is 206 Å². The fraction of sp³-hybridized carbons (Fsp3) is 0.208. The molecule has 3 aromatic carbocycles. The zero-order valence-electron chi connectivity index (χ0n) is 18.5. The molecule has 180 valence electrons. The van der Waals surface area contributed by atoms with Crippen LogP contribution in [0.1, 0.15) is 12.5 Å². The molecule has 0 radical (unpaired) electrons. The minimum Gasteiger partial charge on any atom is -0.492 e. The van der Waals surface area contributed by atoms with Crippen LogP contribution in [0.2, 0.25) is 0 Å². The summed E-state index contributed by atoms with van der Waals surface area (Å²) >= 11 is 3.43. The number of phosphoric ester groups is 1. The number of halogens is 1. The maximum absolute atomic E-state index is 12.4. The van der Waals surface area contributed by atoms with Gasteiger partial charge in [-0.15, -0.1) is 0 Å². The van der Waals surface area contributed by atoms with Crippen molar-refractivity contribution in [3.8, 4) is 16.9 Å². The summed E-state index contributed by atoms with van der Waals surface area (Å²) in [6, 6.07) is 23.5. The molecular weight excluding hydrogens is 523 g/mol. The fourth-order valence-electron chi connectivity index (χ4n) is 3.03. The van der Waals surface area contributed by atoms with Crippen LogP contribution >= 0.6 is 23.8 Å². The van der Waals surface area contributed by atoms with E-state index in [9.17, 15) is 9.36 Å². The maximum atomic E-state index is 12.4. The highest BCUT2D eigenvalue weighted by Gasteiger charge is 2.32. The van der Waals surface area contributed by atoms with Crippen molar-refractivity contribution in [2.75, 3.05) is 18.5 Å². The van der Waals surface area contributed by atoms with E-state index in [4.69, 9.17) is 20.3 Å². The molecule has 8 nitrogen and oxygen atoms in total. The van der Waals surface area contributed by atoms with Crippen molar-refractivity contribution in [1.29, 1.82) is 0 Å². The molecule has 0 unspecified atom stereocenters. The topological polar surface area (TPSA) is 131 Å². The summed E-state index contributed by atoms with van der Waals surface area (Å²) < 4.78 is 21.7. The highest BCUT2D eigenvalue weighted by atomic mass is 79.9. The lowest BCUT2D eigenvalue weighted by Crippen LogP contribution is -2.52. The highest BCUT2D eigenvalue weighted by Crippen LogP contribution is 2.36. The molecule has 0 aliphatic rings. The average molecular weight is 549 g/mol. The third-order valence-electron chi connectivity index (χ3n) is 4.95. The number of nitrogens with two attached hydrogens (primary N) is 1. The molecule has 1 amide bonds. The number of anilines is 1. The number of carbonyl (C=O) groups excluding carboxylic acids is 1. The number of phosphoric acid groups is 1. The average Bonchev–Trinajstić information content (AvgIpc) is 2.80. The molecule has 0 saturated heterocycles. The molecule has 0 aliphatic carbocycles. The smallest absolute Gasteiger partial charge is 0.469 e. The Morgan fingerprint density at radius 2 is 1.71 bits per heavy atom. The van der Waals surface area contributed by atoms with E-state index in [1.807, 2.05) is 18.2 Å². The first-order chi connectivity index (χ1) is 16.0. The van der Waals surface area contributed by atoms with Gasteiger partial charge < -0.3 is 25.6 Å². The van der Waals surface area contributed by atoms with E-state index in [1.165, 1.54) is 12.5 Å². The summed E-state index contributed by atoms with van der Waals surface area (Å²) in [5.74, 6) is -0.0419. The molecule has 0 spiro atoms. The van der Waals surface area contributed by atoms with Gasteiger partial charge in [0.25, 0.3) is 0 Å². The molecule has 3 aromatic rings. The Hall–Kier alpha value is -2.52. The van der Waals surface area contributed by atoms with E-state index in [-0.39, 0.29) is 0 Å². The molecule has 1 atom stereocenters. The number of amides is 1. The van der Waals surface area contributed by atoms with Gasteiger partial charge in [0.1, 0.15) is 11.3 Å². The molecule has 0 bridgehead atoms. The van der Waals surface area contributed by atoms with E-state index >= 15 is 0 Å². The second kappa shape index (κ2) is 11.3. The molecule has 0 heterocycles. The number of hydrogen-bond acceptors (Lipinski definition) is 5. The largest absolute Gasteiger partial charge is 0.492 e. The second-order valence-electron chi connectivity index (χ2n) is 7.94. The van der Waals surface area contributed by atoms with Gasteiger partial charge >= 0.3 is 7.82 Å². The molecule has 0 fully saturated rings. The summed E-state index contributed by atoms with van der Waals surface area (Å²) in [5, 5.41) is 2.60. The maximum Gasteiger partial charge on any atom is 0.469 e. The van der Waals surface area contributed by atoms with Crippen LogP contribution in [0.5, 0.6) is 5.75 Å². The van der Waals surface area contributed by atoms with Crippen LogP contribution < -0.4 is 15.8 Å². The van der Waals surface area contributed by atoms with Crippen LogP contribution in [0.4, 0.5) is 5.69 Å². The predicted octanol–water partition coefficient (Wildman–Crippen LogP) is 4.50. The van der Waals surface area contributed by atoms with Gasteiger partial charge in [-0.2, -0.15) is 0 Å². The number of rotatable bonds is 10. The monoisotopic (exact) mass is 548 g/mol. The summed E-state index contributed by atoms with van der Waals surface area (Å²) in [5.41, 5.74) is 8.11. The Balaban J connectivity index is 1.52. The number of ether oxygens (including phenoxy) is 1. The van der Waals surface area contributed by atoms with Gasteiger partial charge in [-0.05, 0) is 57.7 Å². The number of benzene rings is 3. The quantitative estimate of drug-likeness (QED) is 0.274. The predicted molar refractivity (Wildman–Crippen MR) is 134 cm³/mol. The van der Waals surface area contributed by atoms with Crippen molar-refractivity contribution < 1.29 is 28.4 Å². The zero-order chi connectivity index (χ0) is 24.8. The van der Waals surface area contributed by atoms with Gasteiger partial charge in [0, 0.05) is 12.1 Å². The molecule has 3 rings (SSSR count). The lowest BCUT2D eigenvalue weighted by atomic mass is 10.0. The molecule has 10 heteroatoms. The van der Waals surface area contributed by atoms with Crippen LogP contribution in [0.3, 0.4) is 0 Å². The lowest BCUT2D eigenvalue weighted by Gasteiger charge is -2.23. The van der Waals surface area contributed by atoms with Crippen molar-refractivity contribution in [2.24, 2.45) is 5.73 Å². The third-order valence-corrected chi connectivity index (χ3v) is 6.04. The second-order valence-corrected chi connectivity index (χ2v) is 10.0. The molecule has 0 saturated carbocycles. The number of carbonyl (C=O) groups is 1. The first-order valence-corrected chi connectivity index (χ1v) is 12.7. The van der Waals surface area contributed by atoms with E-state index in [1.54, 1.807) is 18.2 Å². The van der Waals surface area contributed by atoms with Gasteiger partial charge in [0.15, 0.2) is 0 Å². The summed E-state index contributed by atoms with van der Waals surface area (Å²) in [6.07, 6.45) is 0.727. The Bertz CT molecular complexity index is 1170. The summed E-state index contributed by atoms with van der Waals surface area (Å²) in [6.45, 7) is 1.14. The molecule has 5 N–H and O–H groups in total. The SMILES string of the molecule is C[C@](N)(COP(=O)(O)O)C(=O)Nc1ccc(OCCc2ccc(-c3ccccc3)cc2)c(Br)c1. The van der Waals surface area contributed by atoms with E-state index in [0.717, 1.165) is 17.5 Å². The van der Waals surface area contributed by atoms with Crippen LogP contribution in [-0.2, 0) is 20.3 Å². The van der Waals surface area contributed by atoms with Crippen molar-refractivity contribution >= 4 is 35.3 Å². The minimum atomic E-state index is -4.73. The Morgan fingerprint density at radius 3 is 2.32 bits per heavy atom. The van der Waals surface area contributed by atoms with E-state index in [2.05, 4.69) is 62.2 Å².